The number of aromatic nitrogens is 1. The summed E-state index contributed by atoms with van der Waals surface area (Å²) in [5.74, 6) is 0.898. The predicted molar refractivity (Wildman–Crippen MR) is 76.2 cm³/mol. The number of aryl methyl sites for hydroxylation is 2. The van der Waals surface area contributed by atoms with Crippen LogP contribution in [0.4, 0.5) is 0 Å². The van der Waals surface area contributed by atoms with Crippen LogP contribution >= 0.6 is 11.6 Å². The standard InChI is InChI=1S/C13H12ClN3O3S/c1-8-9(2)20-13(17-8)7-16-21(18,19)12-5-10(6-15)3-4-11(12)14/h3-5,16H,7H2,1-2H3. The highest BCUT2D eigenvalue weighted by Gasteiger charge is 2.19. The van der Waals surface area contributed by atoms with Gasteiger partial charge >= 0.3 is 0 Å². The molecule has 0 amide bonds. The molecule has 0 aliphatic rings. The van der Waals surface area contributed by atoms with Gasteiger partial charge in [0.25, 0.3) is 0 Å². The van der Waals surface area contributed by atoms with Crippen molar-refractivity contribution in [2.75, 3.05) is 0 Å². The summed E-state index contributed by atoms with van der Waals surface area (Å²) >= 11 is 5.88. The van der Waals surface area contributed by atoms with Gasteiger partial charge in [-0.05, 0) is 32.0 Å². The molecule has 1 aromatic heterocycles. The summed E-state index contributed by atoms with van der Waals surface area (Å²) in [4.78, 5) is 3.93. The minimum Gasteiger partial charge on any atom is -0.444 e. The molecule has 1 heterocycles. The van der Waals surface area contributed by atoms with Gasteiger partial charge in [0.05, 0.1) is 28.9 Å². The third-order valence-corrected chi connectivity index (χ3v) is 4.72. The van der Waals surface area contributed by atoms with Crippen LogP contribution in [0.3, 0.4) is 0 Å². The van der Waals surface area contributed by atoms with Gasteiger partial charge < -0.3 is 4.42 Å². The molecule has 0 aliphatic heterocycles. The number of hydrogen-bond acceptors (Lipinski definition) is 5. The lowest BCUT2D eigenvalue weighted by Gasteiger charge is -2.07. The molecule has 0 unspecified atom stereocenters. The first-order chi connectivity index (χ1) is 9.83. The molecule has 110 valence electrons. The number of hydrogen-bond donors (Lipinski definition) is 1. The first kappa shape index (κ1) is 15.5. The van der Waals surface area contributed by atoms with Gasteiger partial charge in [-0.3, -0.25) is 0 Å². The highest BCUT2D eigenvalue weighted by Crippen LogP contribution is 2.22. The second kappa shape index (κ2) is 5.85. The minimum atomic E-state index is -3.86. The number of nitrogens with zero attached hydrogens (tertiary/aromatic N) is 2. The SMILES string of the molecule is Cc1nc(CNS(=O)(=O)c2cc(C#N)ccc2Cl)oc1C. The molecule has 0 saturated carbocycles. The normalized spacial score (nSPS) is 11.3. The summed E-state index contributed by atoms with van der Waals surface area (Å²) in [6.45, 7) is 3.42. The van der Waals surface area contributed by atoms with E-state index in [1.165, 1.54) is 18.2 Å². The lowest BCUT2D eigenvalue weighted by Crippen LogP contribution is -2.23. The number of nitrogens with one attached hydrogen (secondary N) is 1. The molecule has 1 aromatic carbocycles. The summed E-state index contributed by atoms with van der Waals surface area (Å²) in [6, 6.07) is 5.90. The van der Waals surface area contributed by atoms with E-state index < -0.39 is 10.0 Å². The van der Waals surface area contributed by atoms with Gasteiger partial charge in [0.15, 0.2) is 0 Å². The third kappa shape index (κ3) is 3.42. The molecular weight excluding hydrogens is 314 g/mol. The highest BCUT2D eigenvalue weighted by atomic mass is 35.5. The van der Waals surface area contributed by atoms with E-state index in [0.29, 0.717) is 11.5 Å². The van der Waals surface area contributed by atoms with Crippen molar-refractivity contribution in [3.63, 3.8) is 0 Å². The molecule has 0 bridgehead atoms. The fraction of sp³-hybridized carbons (Fsp3) is 0.231. The van der Waals surface area contributed by atoms with Gasteiger partial charge in [0, 0.05) is 0 Å². The molecule has 0 radical (unpaired) electrons. The Morgan fingerprint density at radius 1 is 1.43 bits per heavy atom. The maximum atomic E-state index is 12.2. The van der Waals surface area contributed by atoms with Crippen LogP contribution in [-0.2, 0) is 16.6 Å². The van der Waals surface area contributed by atoms with Crippen LogP contribution in [0, 0.1) is 25.2 Å². The Morgan fingerprint density at radius 3 is 2.71 bits per heavy atom. The van der Waals surface area contributed by atoms with Crippen LogP contribution in [0.25, 0.3) is 0 Å². The average Bonchev–Trinajstić information content (AvgIpc) is 2.76. The Balaban J connectivity index is 2.24. The first-order valence-corrected chi connectivity index (χ1v) is 7.82. The average molecular weight is 326 g/mol. The van der Waals surface area contributed by atoms with Crippen LogP contribution in [0.1, 0.15) is 22.9 Å². The lowest BCUT2D eigenvalue weighted by molar-refractivity contribution is 0.463. The summed E-state index contributed by atoms with van der Waals surface area (Å²) in [5.41, 5.74) is 0.913. The number of rotatable bonds is 4. The van der Waals surface area contributed by atoms with Gasteiger partial charge in [-0.25, -0.2) is 18.1 Å². The van der Waals surface area contributed by atoms with Crippen molar-refractivity contribution in [3.05, 3.63) is 46.1 Å². The van der Waals surface area contributed by atoms with Gasteiger partial charge in [0.1, 0.15) is 10.7 Å². The van der Waals surface area contributed by atoms with E-state index in [-0.39, 0.29) is 27.9 Å². The number of nitriles is 1. The Kier molecular flexibility index (Phi) is 4.32. The molecular formula is C13H12ClN3O3S. The summed E-state index contributed by atoms with van der Waals surface area (Å²) in [6.07, 6.45) is 0. The zero-order chi connectivity index (χ0) is 15.6. The smallest absolute Gasteiger partial charge is 0.242 e. The maximum Gasteiger partial charge on any atom is 0.242 e. The molecule has 1 N–H and O–H groups in total. The van der Waals surface area contributed by atoms with Crippen molar-refractivity contribution in [2.24, 2.45) is 0 Å². The molecule has 0 atom stereocenters. The van der Waals surface area contributed by atoms with Crippen molar-refractivity contribution in [1.29, 1.82) is 5.26 Å². The van der Waals surface area contributed by atoms with E-state index in [0.717, 1.165) is 0 Å². The van der Waals surface area contributed by atoms with E-state index in [9.17, 15) is 8.42 Å². The van der Waals surface area contributed by atoms with Crippen molar-refractivity contribution in [3.8, 4) is 6.07 Å². The second-order valence-electron chi connectivity index (χ2n) is 4.33. The van der Waals surface area contributed by atoms with Crippen LogP contribution in [-0.4, -0.2) is 13.4 Å². The molecule has 2 rings (SSSR count). The van der Waals surface area contributed by atoms with Crippen molar-refractivity contribution >= 4 is 21.6 Å². The van der Waals surface area contributed by atoms with Gasteiger partial charge in [0.2, 0.25) is 15.9 Å². The van der Waals surface area contributed by atoms with Crippen molar-refractivity contribution in [1.82, 2.24) is 9.71 Å². The Morgan fingerprint density at radius 2 is 2.14 bits per heavy atom. The van der Waals surface area contributed by atoms with E-state index in [4.69, 9.17) is 21.3 Å². The van der Waals surface area contributed by atoms with Crippen LogP contribution in [0.2, 0.25) is 5.02 Å². The summed E-state index contributed by atoms with van der Waals surface area (Å²) in [5, 5.41) is 8.87. The minimum absolute atomic E-state index is 0.0428. The number of benzene rings is 1. The Hall–Kier alpha value is -1.88. The molecule has 0 spiro atoms. The number of sulfonamides is 1. The first-order valence-electron chi connectivity index (χ1n) is 5.95. The fourth-order valence-corrected chi connectivity index (χ4v) is 3.13. The zero-order valence-corrected chi connectivity index (χ0v) is 12.9. The molecule has 6 nitrogen and oxygen atoms in total. The molecule has 8 heteroatoms. The zero-order valence-electron chi connectivity index (χ0n) is 11.3. The third-order valence-electron chi connectivity index (χ3n) is 2.84. The fourth-order valence-electron chi connectivity index (χ4n) is 1.63. The Bertz CT molecular complexity index is 802. The maximum absolute atomic E-state index is 12.2. The van der Waals surface area contributed by atoms with Gasteiger partial charge in [-0.1, -0.05) is 11.6 Å². The Labute approximate surface area is 127 Å². The number of oxazole rings is 1. The van der Waals surface area contributed by atoms with E-state index in [2.05, 4.69) is 9.71 Å². The largest absolute Gasteiger partial charge is 0.444 e. The lowest BCUT2D eigenvalue weighted by atomic mass is 10.2. The molecule has 0 aliphatic carbocycles. The van der Waals surface area contributed by atoms with Crippen molar-refractivity contribution < 1.29 is 12.8 Å². The van der Waals surface area contributed by atoms with Crippen LogP contribution in [0.5, 0.6) is 0 Å². The van der Waals surface area contributed by atoms with E-state index >= 15 is 0 Å². The van der Waals surface area contributed by atoms with E-state index in [1.807, 2.05) is 6.07 Å². The summed E-state index contributed by atoms with van der Waals surface area (Å²) < 4.78 is 32.1. The molecule has 21 heavy (non-hydrogen) atoms. The number of halogens is 1. The predicted octanol–water partition coefficient (Wildman–Crippen LogP) is 2.30. The topological polar surface area (TPSA) is 96.0 Å². The molecule has 0 saturated heterocycles. The molecule has 2 aromatic rings. The highest BCUT2D eigenvalue weighted by molar-refractivity contribution is 7.89. The van der Waals surface area contributed by atoms with E-state index in [1.54, 1.807) is 13.8 Å². The second-order valence-corrected chi connectivity index (χ2v) is 6.47. The van der Waals surface area contributed by atoms with Gasteiger partial charge in [-0.15, -0.1) is 0 Å². The van der Waals surface area contributed by atoms with Crippen LogP contribution in [0.15, 0.2) is 27.5 Å². The molecule has 0 fully saturated rings. The van der Waals surface area contributed by atoms with Crippen molar-refractivity contribution in [2.45, 2.75) is 25.3 Å². The summed E-state index contributed by atoms with van der Waals surface area (Å²) in [7, 11) is -3.86. The quantitative estimate of drug-likeness (QED) is 0.930. The monoisotopic (exact) mass is 325 g/mol. The van der Waals surface area contributed by atoms with Crippen LogP contribution < -0.4 is 4.72 Å². The van der Waals surface area contributed by atoms with Gasteiger partial charge in [-0.2, -0.15) is 5.26 Å².